The number of anilines is 1. The van der Waals surface area contributed by atoms with E-state index in [0.717, 1.165) is 28.5 Å². The van der Waals surface area contributed by atoms with Gasteiger partial charge in [-0.05, 0) is 29.8 Å². The first-order valence-electron chi connectivity index (χ1n) is 6.80. The van der Waals surface area contributed by atoms with Crippen LogP contribution in [-0.2, 0) is 6.54 Å². The zero-order chi connectivity index (χ0) is 15.5. The van der Waals surface area contributed by atoms with Gasteiger partial charge in [-0.25, -0.2) is 0 Å². The minimum absolute atomic E-state index is 0.675. The van der Waals surface area contributed by atoms with Gasteiger partial charge in [-0.15, -0.1) is 15.3 Å². The van der Waals surface area contributed by atoms with Crippen LogP contribution < -0.4 is 14.4 Å². The molecule has 3 rings (SSSR count). The lowest BCUT2D eigenvalue weighted by Crippen LogP contribution is -2.18. The number of benzene rings is 1. The van der Waals surface area contributed by atoms with E-state index in [4.69, 9.17) is 9.47 Å². The molecule has 2 heterocycles. The Labute approximate surface area is 128 Å². The average molecular weight is 299 g/mol. The minimum atomic E-state index is 0.675. The standard InChI is InChI=1S/C15H17N5O2/c1-19(15-5-4-14-17-16-10-20(14)18-15)9-11-6-12(21-2)8-13(7-11)22-3/h4-8,10H,9H2,1-3H3. The Kier molecular flexibility index (Phi) is 3.78. The van der Waals surface area contributed by atoms with Crippen molar-refractivity contribution in [1.82, 2.24) is 19.8 Å². The Morgan fingerprint density at radius 1 is 1.09 bits per heavy atom. The van der Waals surface area contributed by atoms with Crippen LogP contribution in [-0.4, -0.2) is 41.1 Å². The summed E-state index contributed by atoms with van der Waals surface area (Å²) in [6, 6.07) is 9.62. The summed E-state index contributed by atoms with van der Waals surface area (Å²) in [6.45, 7) is 0.675. The van der Waals surface area contributed by atoms with Crippen LogP contribution in [0.1, 0.15) is 5.56 Å². The van der Waals surface area contributed by atoms with E-state index in [1.807, 2.05) is 42.3 Å². The van der Waals surface area contributed by atoms with Crippen LogP contribution in [0.5, 0.6) is 11.5 Å². The largest absolute Gasteiger partial charge is 0.497 e. The van der Waals surface area contributed by atoms with Crippen LogP contribution in [0.25, 0.3) is 5.65 Å². The third-order valence-electron chi connectivity index (χ3n) is 3.37. The zero-order valence-electron chi connectivity index (χ0n) is 12.7. The van der Waals surface area contributed by atoms with Gasteiger partial charge in [-0.3, -0.25) is 0 Å². The van der Waals surface area contributed by atoms with Gasteiger partial charge in [0.15, 0.2) is 5.65 Å². The van der Waals surface area contributed by atoms with Crippen LogP contribution >= 0.6 is 0 Å². The highest BCUT2D eigenvalue weighted by molar-refractivity contribution is 5.46. The van der Waals surface area contributed by atoms with Crippen LogP contribution in [0.3, 0.4) is 0 Å². The second-order valence-corrected chi connectivity index (χ2v) is 4.90. The SMILES string of the molecule is COc1cc(CN(C)c2ccc3nncn3n2)cc(OC)c1. The van der Waals surface area contributed by atoms with E-state index < -0.39 is 0 Å². The van der Waals surface area contributed by atoms with E-state index in [-0.39, 0.29) is 0 Å². The topological polar surface area (TPSA) is 64.8 Å². The van der Waals surface area contributed by atoms with Gasteiger partial charge in [0.25, 0.3) is 0 Å². The smallest absolute Gasteiger partial charge is 0.177 e. The normalized spacial score (nSPS) is 10.7. The van der Waals surface area contributed by atoms with Crippen molar-refractivity contribution in [2.45, 2.75) is 6.54 Å². The fourth-order valence-electron chi connectivity index (χ4n) is 2.23. The van der Waals surface area contributed by atoms with Gasteiger partial charge in [-0.1, -0.05) is 0 Å². The highest BCUT2D eigenvalue weighted by Crippen LogP contribution is 2.24. The summed E-state index contributed by atoms with van der Waals surface area (Å²) in [5.41, 5.74) is 1.80. The molecule has 7 nitrogen and oxygen atoms in total. The van der Waals surface area contributed by atoms with Gasteiger partial charge < -0.3 is 14.4 Å². The Balaban J connectivity index is 1.85. The van der Waals surface area contributed by atoms with Gasteiger partial charge in [0.05, 0.1) is 14.2 Å². The molecule has 0 radical (unpaired) electrons. The van der Waals surface area contributed by atoms with Crippen molar-refractivity contribution < 1.29 is 9.47 Å². The molecule has 0 aliphatic carbocycles. The third kappa shape index (κ3) is 2.78. The van der Waals surface area contributed by atoms with E-state index in [1.54, 1.807) is 25.1 Å². The van der Waals surface area contributed by atoms with Crippen LogP contribution in [0.2, 0.25) is 0 Å². The monoisotopic (exact) mass is 299 g/mol. The number of fused-ring (bicyclic) bond motifs is 1. The van der Waals surface area contributed by atoms with Gasteiger partial charge >= 0.3 is 0 Å². The maximum absolute atomic E-state index is 5.30. The van der Waals surface area contributed by atoms with Crippen molar-refractivity contribution in [3.05, 3.63) is 42.2 Å². The van der Waals surface area contributed by atoms with E-state index in [9.17, 15) is 0 Å². The fourth-order valence-corrected chi connectivity index (χ4v) is 2.23. The Morgan fingerprint density at radius 2 is 1.82 bits per heavy atom. The van der Waals surface area contributed by atoms with Crippen molar-refractivity contribution >= 4 is 11.5 Å². The molecule has 0 saturated carbocycles. The van der Waals surface area contributed by atoms with Gasteiger partial charge in [0, 0.05) is 19.7 Å². The molecular weight excluding hydrogens is 282 g/mol. The quantitative estimate of drug-likeness (QED) is 0.715. The second-order valence-electron chi connectivity index (χ2n) is 4.90. The van der Waals surface area contributed by atoms with Crippen LogP contribution in [0.15, 0.2) is 36.7 Å². The molecule has 3 aromatic rings. The summed E-state index contributed by atoms with van der Waals surface area (Å²) in [5.74, 6) is 2.36. The highest BCUT2D eigenvalue weighted by atomic mass is 16.5. The minimum Gasteiger partial charge on any atom is -0.497 e. The summed E-state index contributed by atoms with van der Waals surface area (Å²) in [4.78, 5) is 2.04. The molecule has 7 heteroatoms. The summed E-state index contributed by atoms with van der Waals surface area (Å²) in [7, 11) is 5.26. The van der Waals surface area contributed by atoms with Crippen molar-refractivity contribution in [1.29, 1.82) is 0 Å². The van der Waals surface area contributed by atoms with Crippen molar-refractivity contribution in [2.75, 3.05) is 26.2 Å². The van der Waals surface area contributed by atoms with E-state index in [0.29, 0.717) is 6.54 Å². The van der Waals surface area contributed by atoms with Crippen molar-refractivity contribution in [3.63, 3.8) is 0 Å². The predicted octanol–water partition coefficient (Wildman–Crippen LogP) is 1.78. The molecule has 0 aliphatic rings. The molecule has 0 unspecified atom stereocenters. The second kappa shape index (κ2) is 5.88. The molecule has 1 aromatic carbocycles. The zero-order valence-corrected chi connectivity index (χ0v) is 12.7. The number of methoxy groups -OCH3 is 2. The molecule has 22 heavy (non-hydrogen) atoms. The number of hydrogen-bond donors (Lipinski definition) is 0. The number of nitrogens with zero attached hydrogens (tertiary/aromatic N) is 5. The van der Waals surface area contributed by atoms with Crippen LogP contribution in [0.4, 0.5) is 5.82 Å². The predicted molar refractivity (Wildman–Crippen MR) is 82.4 cm³/mol. The fraction of sp³-hybridized carbons (Fsp3) is 0.267. The van der Waals surface area contributed by atoms with E-state index in [1.165, 1.54) is 0 Å². The Morgan fingerprint density at radius 3 is 2.50 bits per heavy atom. The highest BCUT2D eigenvalue weighted by Gasteiger charge is 2.08. The van der Waals surface area contributed by atoms with Gasteiger partial charge in [-0.2, -0.15) is 4.52 Å². The molecule has 114 valence electrons. The molecule has 0 amide bonds. The molecule has 0 spiro atoms. The van der Waals surface area contributed by atoms with Crippen LogP contribution in [0, 0.1) is 0 Å². The molecule has 0 aliphatic heterocycles. The lowest BCUT2D eigenvalue weighted by atomic mass is 10.2. The number of ether oxygens (including phenoxy) is 2. The van der Waals surface area contributed by atoms with Gasteiger partial charge in [0.1, 0.15) is 23.6 Å². The summed E-state index contributed by atoms with van der Waals surface area (Å²) in [6.07, 6.45) is 1.58. The lowest BCUT2D eigenvalue weighted by Gasteiger charge is -2.19. The number of rotatable bonds is 5. The average Bonchev–Trinajstić information content (AvgIpc) is 3.01. The van der Waals surface area contributed by atoms with E-state index in [2.05, 4.69) is 15.3 Å². The maximum atomic E-state index is 5.30. The molecule has 0 bridgehead atoms. The molecule has 0 N–H and O–H groups in total. The lowest BCUT2D eigenvalue weighted by molar-refractivity contribution is 0.393. The Bertz CT molecular complexity index is 764. The molecule has 2 aromatic heterocycles. The number of hydrogen-bond acceptors (Lipinski definition) is 6. The summed E-state index contributed by atoms with van der Waals surface area (Å²) in [5, 5.41) is 12.2. The third-order valence-corrected chi connectivity index (χ3v) is 3.37. The molecule has 0 saturated heterocycles. The van der Waals surface area contributed by atoms with Crippen molar-refractivity contribution in [3.8, 4) is 11.5 Å². The molecule has 0 atom stereocenters. The first-order chi connectivity index (χ1) is 10.7. The first-order valence-corrected chi connectivity index (χ1v) is 6.80. The maximum Gasteiger partial charge on any atom is 0.177 e. The van der Waals surface area contributed by atoms with Crippen molar-refractivity contribution in [2.24, 2.45) is 0 Å². The summed E-state index contributed by atoms with van der Waals surface area (Å²) < 4.78 is 12.2. The van der Waals surface area contributed by atoms with E-state index >= 15 is 0 Å². The summed E-state index contributed by atoms with van der Waals surface area (Å²) >= 11 is 0. The Hall–Kier alpha value is -2.83. The first kappa shape index (κ1) is 14.1. The van der Waals surface area contributed by atoms with Gasteiger partial charge in [0.2, 0.25) is 0 Å². The molecule has 0 fully saturated rings. The molecular formula is C15H17N5O2. The number of aromatic nitrogens is 4.